The highest BCUT2D eigenvalue weighted by Gasteiger charge is 2.22. The largest absolute Gasteiger partial charge is 0.374 e. The number of carbonyl (C=O) groups excluding carboxylic acids is 1. The van der Waals surface area contributed by atoms with E-state index in [-0.39, 0.29) is 18.0 Å². The SMILES string of the molecule is CN1CCN(c2ccc(C=NNC(=O)Cc3nnc(N)s3)cc2[N+](=O)[O-])CC1. The van der Waals surface area contributed by atoms with Gasteiger partial charge in [-0.25, -0.2) is 5.43 Å². The predicted octanol–water partition coefficient (Wildman–Crippen LogP) is 0.473. The fraction of sp³-hybridized carbons (Fsp3) is 0.375. The van der Waals surface area contributed by atoms with Gasteiger partial charge in [-0.15, -0.1) is 10.2 Å². The van der Waals surface area contributed by atoms with Gasteiger partial charge < -0.3 is 15.5 Å². The summed E-state index contributed by atoms with van der Waals surface area (Å²) in [5.41, 5.74) is 8.95. The first-order valence-electron chi connectivity index (χ1n) is 8.54. The number of nitrogens with two attached hydrogens (primary N) is 1. The second kappa shape index (κ2) is 8.71. The van der Waals surface area contributed by atoms with Gasteiger partial charge in [-0.1, -0.05) is 17.4 Å². The van der Waals surface area contributed by atoms with E-state index < -0.39 is 4.92 Å². The van der Waals surface area contributed by atoms with Crippen molar-refractivity contribution in [2.75, 3.05) is 43.9 Å². The van der Waals surface area contributed by atoms with Crippen LogP contribution in [0.1, 0.15) is 10.6 Å². The van der Waals surface area contributed by atoms with Gasteiger partial charge in [0.1, 0.15) is 10.7 Å². The maximum Gasteiger partial charge on any atom is 0.293 e. The summed E-state index contributed by atoms with van der Waals surface area (Å²) in [7, 11) is 2.03. The fourth-order valence-corrected chi connectivity index (χ4v) is 3.38. The first-order valence-corrected chi connectivity index (χ1v) is 9.35. The molecule has 0 unspecified atom stereocenters. The number of hydrogen-bond donors (Lipinski definition) is 2. The van der Waals surface area contributed by atoms with Crippen molar-refractivity contribution in [3.8, 4) is 0 Å². The summed E-state index contributed by atoms with van der Waals surface area (Å²) in [5.74, 6) is -0.379. The number of aromatic nitrogens is 2. The van der Waals surface area contributed by atoms with Crippen LogP contribution in [-0.2, 0) is 11.2 Å². The van der Waals surface area contributed by atoms with E-state index in [2.05, 4.69) is 25.6 Å². The molecular formula is C16H20N8O3S. The molecule has 1 fully saturated rings. The van der Waals surface area contributed by atoms with Gasteiger partial charge in [0.05, 0.1) is 17.6 Å². The van der Waals surface area contributed by atoms with Crippen LogP contribution in [0.3, 0.4) is 0 Å². The van der Waals surface area contributed by atoms with Crippen molar-refractivity contribution in [2.45, 2.75) is 6.42 Å². The maximum atomic E-state index is 11.8. The third-order valence-corrected chi connectivity index (χ3v) is 4.99. The van der Waals surface area contributed by atoms with Crippen LogP contribution in [0.2, 0.25) is 0 Å². The minimum absolute atomic E-state index is 0.00863. The molecule has 0 aliphatic carbocycles. The molecule has 0 spiro atoms. The van der Waals surface area contributed by atoms with E-state index in [0.29, 0.717) is 21.4 Å². The molecule has 2 heterocycles. The first kappa shape index (κ1) is 19.6. The molecule has 1 amide bonds. The van der Waals surface area contributed by atoms with Gasteiger partial charge in [0.25, 0.3) is 5.69 Å². The number of rotatable bonds is 6. The lowest BCUT2D eigenvalue weighted by molar-refractivity contribution is -0.384. The predicted molar refractivity (Wildman–Crippen MR) is 107 cm³/mol. The molecule has 0 bridgehead atoms. The van der Waals surface area contributed by atoms with Gasteiger partial charge in [0.15, 0.2) is 0 Å². The molecule has 28 heavy (non-hydrogen) atoms. The summed E-state index contributed by atoms with van der Waals surface area (Å²) in [6.45, 7) is 3.17. The number of anilines is 2. The van der Waals surface area contributed by atoms with E-state index in [1.54, 1.807) is 12.1 Å². The second-order valence-electron chi connectivity index (χ2n) is 6.30. The highest BCUT2D eigenvalue weighted by Crippen LogP contribution is 2.29. The number of hydrazone groups is 1. The normalized spacial score (nSPS) is 15.1. The highest BCUT2D eigenvalue weighted by molar-refractivity contribution is 7.15. The van der Waals surface area contributed by atoms with Crippen molar-refractivity contribution in [2.24, 2.45) is 5.10 Å². The molecule has 2 aromatic rings. The third kappa shape index (κ3) is 4.98. The number of nitro benzene ring substituents is 1. The zero-order valence-corrected chi connectivity index (χ0v) is 16.1. The van der Waals surface area contributed by atoms with E-state index >= 15 is 0 Å². The van der Waals surface area contributed by atoms with Crippen LogP contribution in [0, 0.1) is 10.1 Å². The molecular weight excluding hydrogens is 384 g/mol. The smallest absolute Gasteiger partial charge is 0.293 e. The maximum absolute atomic E-state index is 11.8. The average molecular weight is 404 g/mol. The molecule has 1 aliphatic rings. The van der Waals surface area contributed by atoms with Crippen molar-refractivity contribution < 1.29 is 9.72 Å². The molecule has 12 heteroatoms. The topological polar surface area (TPSA) is 143 Å². The van der Waals surface area contributed by atoms with E-state index in [4.69, 9.17) is 5.73 Å². The van der Waals surface area contributed by atoms with Gasteiger partial charge >= 0.3 is 0 Å². The second-order valence-corrected chi connectivity index (χ2v) is 7.39. The number of piperazine rings is 1. The van der Waals surface area contributed by atoms with Crippen molar-refractivity contribution >= 4 is 40.0 Å². The zero-order chi connectivity index (χ0) is 20.1. The van der Waals surface area contributed by atoms with Gasteiger partial charge in [-0.3, -0.25) is 14.9 Å². The van der Waals surface area contributed by atoms with Crippen molar-refractivity contribution in [1.29, 1.82) is 0 Å². The molecule has 1 saturated heterocycles. The summed E-state index contributed by atoms with van der Waals surface area (Å²) in [6.07, 6.45) is 1.38. The summed E-state index contributed by atoms with van der Waals surface area (Å²) >= 11 is 1.13. The number of likely N-dealkylation sites (N-methyl/N-ethyl adjacent to an activating group) is 1. The van der Waals surface area contributed by atoms with E-state index in [0.717, 1.165) is 37.5 Å². The standard InChI is InChI=1S/C16H20N8O3S/c1-22-4-6-23(7-5-22)12-3-2-11(8-13(12)24(26)27)10-18-19-14(25)9-15-20-21-16(17)28-15/h2-3,8,10H,4-7,9H2,1H3,(H2,17,21)(H,19,25). The summed E-state index contributed by atoms with van der Waals surface area (Å²) in [4.78, 5) is 27.1. The fourth-order valence-electron chi connectivity index (χ4n) is 2.78. The minimum atomic E-state index is -0.399. The van der Waals surface area contributed by atoms with E-state index in [1.165, 1.54) is 12.3 Å². The number of hydrogen-bond acceptors (Lipinski definition) is 10. The Labute approximate surface area is 165 Å². The van der Waals surface area contributed by atoms with Crippen LogP contribution in [0.15, 0.2) is 23.3 Å². The minimum Gasteiger partial charge on any atom is -0.374 e. The molecule has 0 radical (unpaired) electrons. The Morgan fingerprint density at radius 3 is 2.79 bits per heavy atom. The summed E-state index contributed by atoms with van der Waals surface area (Å²) in [5, 5.41) is 23.5. The van der Waals surface area contributed by atoms with E-state index in [1.807, 2.05) is 11.9 Å². The summed E-state index contributed by atoms with van der Waals surface area (Å²) < 4.78 is 0. The molecule has 1 aromatic heterocycles. The molecule has 1 aromatic carbocycles. The third-order valence-electron chi connectivity index (χ3n) is 4.24. The number of carbonyl (C=O) groups is 1. The number of benzene rings is 1. The average Bonchev–Trinajstić information content (AvgIpc) is 3.07. The lowest BCUT2D eigenvalue weighted by Crippen LogP contribution is -2.44. The molecule has 148 valence electrons. The number of nitrogens with zero attached hydrogens (tertiary/aromatic N) is 6. The van der Waals surface area contributed by atoms with Crippen LogP contribution in [-0.4, -0.2) is 65.4 Å². The number of nitrogens with one attached hydrogen (secondary N) is 1. The quantitative estimate of drug-likeness (QED) is 0.402. The Balaban J connectivity index is 1.65. The molecule has 1 aliphatic heterocycles. The molecule has 11 nitrogen and oxygen atoms in total. The van der Waals surface area contributed by atoms with Crippen LogP contribution < -0.4 is 16.1 Å². The summed E-state index contributed by atoms with van der Waals surface area (Å²) in [6, 6.07) is 4.91. The van der Waals surface area contributed by atoms with Gasteiger partial charge in [0, 0.05) is 37.8 Å². The van der Waals surface area contributed by atoms with Crippen molar-refractivity contribution in [3.05, 3.63) is 38.9 Å². The van der Waals surface area contributed by atoms with Gasteiger partial charge in [0.2, 0.25) is 11.0 Å². The van der Waals surface area contributed by atoms with Crippen molar-refractivity contribution in [3.63, 3.8) is 0 Å². The lowest BCUT2D eigenvalue weighted by Gasteiger charge is -2.33. The Morgan fingerprint density at radius 1 is 1.39 bits per heavy atom. The Kier molecular flexibility index (Phi) is 6.11. The van der Waals surface area contributed by atoms with Crippen LogP contribution in [0.4, 0.5) is 16.5 Å². The highest BCUT2D eigenvalue weighted by atomic mass is 32.1. The van der Waals surface area contributed by atoms with Crippen LogP contribution in [0.5, 0.6) is 0 Å². The lowest BCUT2D eigenvalue weighted by atomic mass is 10.1. The molecule has 3 rings (SSSR count). The Morgan fingerprint density at radius 2 is 2.14 bits per heavy atom. The molecule has 3 N–H and O–H groups in total. The monoisotopic (exact) mass is 404 g/mol. The molecule has 0 saturated carbocycles. The number of nitro groups is 1. The zero-order valence-electron chi connectivity index (χ0n) is 15.2. The number of amides is 1. The van der Waals surface area contributed by atoms with Gasteiger partial charge in [-0.2, -0.15) is 5.10 Å². The number of nitrogen functional groups attached to an aromatic ring is 1. The van der Waals surface area contributed by atoms with E-state index in [9.17, 15) is 14.9 Å². The Hall–Kier alpha value is -3.12. The molecule has 0 atom stereocenters. The van der Waals surface area contributed by atoms with Crippen molar-refractivity contribution in [1.82, 2.24) is 20.5 Å². The van der Waals surface area contributed by atoms with Crippen LogP contribution >= 0.6 is 11.3 Å². The van der Waals surface area contributed by atoms with Crippen LogP contribution in [0.25, 0.3) is 0 Å². The Bertz CT molecular complexity index is 892. The van der Waals surface area contributed by atoms with Gasteiger partial charge in [-0.05, 0) is 13.1 Å². The first-order chi connectivity index (χ1) is 13.4.